The Morgan fingerprint density at radius 2 is 2.14 bits per heavy atom. The molecule has 29 heavy (non-hydrogen) atoms. The van der Waals surface area contributed by atoms with Gasteiger partial charge in [-0.25, -0.2) is 9.97 Å². The van der Waals surface area contributed by atoms with Crippen molar-refractivity contribution >= 4 is 23.0 Å². The number of likely N-dealkylation sites (N-methyl/N-ethyl adjacent to an activating group) is 1. The van der Waals surface area contributed by atoms with Gasteiger partial charge >= 0.3 is 0 Å². The van der Waals surface area contributed by atoms with E-state index in [9.17, 15) is 9.59 Å². The molecule has 2 amide bonds. The molecule has 0 aliphatic carbocycles. The maximum Gasteiger partial charge on any atom is 0.252 e. The smallest absolute Gasteiger partial charge is 0.252 e. The number of likely N-dealkylation sites (tertiary alicyclic amines) is 1. The minimum Gasteiger partial charge on any atom is -0.352 e. The fourth-order valence-electron chi connectivity index (χ4n) is 3.76. The second-order valence-corrected chi connectivity index (χ2v) is 8.48. The van der Waals surface area contributed by atoms with E-state index in [2.05, 4.69) is 34.0 Å². The molecule has 8 nitrogen and oxygen atoms in total. The van der Waals surface area contributed by atoms with Crippen LogP contribution in [0.4, 0.5) is 0 Å². The van der Waals surface area contributed by atoms with Crippen molar-refractivity contribution in [3.63, 3.8) is 0 Å². The monoisotopic (exact) mass is 400 g/mol. The third-order valence-electron chi connectivity index (χ3n) is 5.28. The third-order valence-corrected chi connectivity index (χ3v) is 5.28. The highest BCUT2D eigenvalue weighted by atomic mass is 16.2. The zero-order chi connectivity index (χ0) is 21.0. The average Bonchev–Trinajstić information content (AvgIpc) is 3.22. The number of pyridine rings is 1. The maximum absolute atomic E-state index is 12.5. The van der Waals surface area contributed by atoms with E-state index < -0.39 is 0 Å². The van der Waals surface area contributed by atoms with Gasteiger partial charge in [-0.1, -0.05) is 13.8 Å². The van der Waals surface area contributed by atoms with E-state index in [1.165, 1.54) is 0 Å². The summed E-state index contributed by atoms with van der Waals surface area (Å²) >= 11 is 0. The topological polar surface area (TPSA) is 83.4 Å². The average molecular weight is 401 g/mol. The van der Waals surface area contributed by atoms with Gasteiger partial charge in [0, 0.05) is 44.8 Å². The Balaban J connectivity index is 1.54. The molecule has 2 aromatic heterocycles. The summed E-state index contributed by atoms with van der Waals surface area (Å²) in [4.78, 5) is 37.5. The van der Waals surface area contributed by atoms with Gasteiger partial charge in [0.25, 0.3) is 5.91 Å². The van der Waals surface area contributed by atoms with E-state index in [4.69, 9.17) is 0 Å². The molecule has 3 heterocycles. The van der Waals surface area contributed by atoms with Crippen LogP contribution < -0.4 is 5.32 Å². The van der Waals surface area contributed by atoms with Crippen molar-refractivity contribution < 1.29 is 9.59 Å². The summed E-state index contributed by atoms with van der Waals surface area (Å²) in [5.41, 5.74) is 2.05. The molecule has 3 rings (SSSR count). The summed E-state index contributed by atoms with van der Waals surface area (Å²) in [6.45, 7) is 7.27. The Hall–Kier alpha value is -2.48. The Labute approximate surface area is 172 Å². The van der Waals surface area contributed by atoms with Crippen molar-refractivity contribution in [2.24, 2.45) is 5.92 Å². The van der Waals surface area contributed by atoms with Crippen molar-refractivity contribution in [2.75, 3.05) is 33.7 Å². The van der Waals surface area contributed by atoms with Gasteiger partial charge in [0.1, 0.15) is 5.52 Å². The van der Waals surface area contributed by atoms with Gasteiger partial charge in [-0.2, -0.15) is 0 Å². The molecule has 0 spiro atoms. The minimum atomic E-state index is -0.151. The molecule has 1 unspecified atom stereocenters. The highest BCUT2D eigenvalue weighted by Gasteiger charge is 2.30. The number of rotatable bonds is 9. The summed E-state index contributed by atoms with van der Waals surface area (Å²) < 4.78 is 2.01. The first-order valence-corrected chi connectivity index (χ1v) is 10.4. The van der Waals surface area contributed by atoms with Gasteiger partial charge in [-0.15, -0.1) is 0 Å². The van der Waals surface area contributed by atoms with Gasteiger partial charge in [0.05, 0.1) is 11.9 Å². The molecular weight excluding hydrogens is 368 g/mol. The van der Waals surface area contributed by atoms with Gasteiger partial charge in [-0.05, 0) is 38.9 Å². The lowest BCUT2D eigenvalue weighted by Gasteiger charge is -2.26. The Morgan fingerprint density at radius 1 is 1.34 bits per heavy atom. The molecule has 1 atom stereocenters. The van der Waals surface area contributed by atoms with Crippen LogP contribution in [-0.4, -0.2) is 75.9 Å². The van der Waals surface area contributed by atoms with Crippen LogP contribution in [-0.2, 0) is 11.3 Å². The highest BCUT2D eigenvalue weighted by Crippen LogP contribution is 2.21. The predicted octanol–water partition coefficient (Wildman–Crippen LogP) is 1.76. The second kappa shape index (κ2) is 9.35. The molecule has 158 valence electrons. The molecular formula is C21H32N6O2. The lowest BCUT2D eigenvalue weighted by molar-refractivity contribution is -0.129. The quantitative estimate of drug-likeness (QED) is 0.693. The van der Waals surface area contributed by atoms with Crippen LogP contribution in [0.1, 0.15) is 43.5 Å². The molecule has 1 fully saturated rings. The number of amides is 2. The van der Waals surface area contributed by atoms with E-state index in [-0.39, 0.29) is 17.9 Å². The van der Waals surface area contributed by atoms with Gasteiger partial charge in [-0.3, -0.25) is 9.59 Å². The van der Waals surface area contributed by atoms with E-state index in [1.807, 2.05) is 23.6 Å². The standard InChI is InChI=1S/C21H32N6O2/c1-15(2)13-26-14-24-18-11-16(12-23-20(18)26)21(29)22-8-7-17-5-6-19(28)27(17)10-9-25(3)4/h11-12,14-15,17H,5-10,13H2,1-4H3,(H,22,29). The third kappa shape index (κ3) is 5.32. The van der Waals surface area contributed by atoms with Crippen LogP contribution >= 0.6 is 0 Å². The molecule has 8 heteroatoms. The predicted molar refractivity (Wildman–Crippen MR) is 113 cm³/mol. The van der Waals surface area contributed by atoms with Crippen LogP contribution in [0.15, 0.2) is 18.6 Å². The molecule has 2 aromatic rings. The largest absolute Gasteiger partial charge is 0.352 e. The molecule has 1 saturated heterocycles. The maximum atomic E-state index is 12.5. The Kier molecular flexibility index (Phi) is 6.84. The van der Waals surface area contributed by atoms with E-state index in [0.29, 0.717) is 24.4 Å². The van der Waals surface area contributed by atoms with Crippen LogP contribution in [0, 0.1) is 5.92 Å². The normalized spacial score (nSPS) is 17.1. The van der Waals surface area contributed by atoms with Crippen molar-refractivity contribution in [3.05, 3.63) is 24.2 Å². The zero-order valence-electron chi connectivity index (χ0n) is 17.9. The number of imidazole rings is 1. The first kappa shape index (κ1) is 21.2. The fraction of sp³-hybridized carbons (Fsp3) is 0.619. The zero-order valence-corrected chi connectivity index (χ0v) is 17.9. The lowest BCUT2D eigenvalue weighted by Crippen LogP contribution is -2.40. The van der Waals surface area contributed by atoms with E-state index in [0.717, 1.165) is 43.6 Å². The molecule has 0 saturated carbocycles. The number of fused-ring (bicyclic) bond motifs is 1. The van der Waals surface area contributed by atoms with Crippen molar-refractivity contribution in [1.82, 2.24) is 29.7 Å². The SMILES string of the molecule is CC(C)Cn1cnc2cc(C(=O)NCCC3CCC(=O)N3CCN(C)C)cnc21. The minimum absolute atomic E-state index is 0.151. The first-order chi connectivity index (χ1) is 13.8. The molecule has 1 N–H and O–H groups in total. The first-order valence-electron chi connectivity index (χ1n) is 10.4. The van der Waals surface area contributed by atoms with Gasteiger partial charge < -0.3 is 19.7 Å². The Bertz CT molecular complexity index is 860. The lowest BCUT2D eigenvalue weighted by atomic mass is 10.1. The fourth-order valence-corrected chi connectivity index (χ4v) is 3.76. The molecule has 0 bridgehead atoms. The van der Waals surface area contributed by atoms with Crippen LogP contribution in [0.5, 0.6) is 0 Å². The van der Waals surface area contributed by atoms with Crippen LogP contribution in [0.25, 0.3) is 11.2 Å². The van der Waals surface area contributed by atoms with Crippen molar-refractivity contribution in [1.29, 1.82) is 0 Å². The summed E-state index contributed by atoms with van der Waals surface area (Å²) in [7, 11) is 4.01. The number of nitrogens with zero attached hydrogens (tertiary/aromatic N) is 5. The van der Waals surface area contributed by atoms with Gasteiger partial charge in [0.15, 0.2) is 5.65 Å². The number of hydrogen-bond donors (Lipinski definition) is 1. The van der Waals surface area contributed by atoms with E-state index in [1.54, 1.807) is 18.6 Å². The number of carbonyl (C=O) groups is 2. The van der Waals surface area contributed by atoms with Crippen LogP contribution in [0.3, 0.4) is 0 Å². The second-order valence-electron chi connectivity index (χ2n) is 8.48. The Morgan fingerprint density at radius 3 is 2.86 bits per heavy atom. The summed E-state index contributed by atoms with van der Waals surface area (Å²) in [6.07, 6.45) is 5.62. The molecule has 0 aromatic carbocycles. The van der Waals surface area contributed by atoms with Crippen LogP contribution in [0.2, 0.25) is 0 Å². The number of hydrogen-bond acceptors (Lipinski definition) is 5. The van der Waals surface area contributed by atoms with Crippen molar-refractivity contribution in [3.8, 4) is 0 Å². The number of carbonyl (C=O) groups excluding carboxylic acids is 2. The van der Waals surface area contributed by atoms with Gasteiger partial charge in [0.2, 0.25) is 5.91 Å². The molecule has 1 aliphatic rings. The summed E-state index contributed by atoms with van der Waals surface area (Å²) in [5, 5.41) is 2.97. The van der Waals surface area contributed by atoms with E-state index >= 15 is 0 Å². The number of aromatic nitrogens is 3. The molecule has 0 radical (unpaired) electrons. The summed E-state index contributed by atoms with van der Waals surface area (Å²) in [5.74, 6) is 0.564. The summed E-state index contributed by atoms with van der Waals surface area (Å²) in [6, 6.07) is 1.99. The molecule has 1 aliphatic heterocycles. The number of nitrogens with one attached hydrogen (secondary N) is 1. The van der Waals surface area contributed by atoms with Crippen molar-refractivity contribution in [2.45, 2.75) is 45.7 Å². The highest BCUT2D eigenvalue weighted by molar-refractivity contribution is 5.96.